The Morgan fingerprint density at radius 1 is 1.75 bits per heavy atom. The lowest BCUT2D eigenvalue weighted by Gasteiger charge is -2.10. The molecule has 0 aromatic rings. The maximum atomic E-state index is 5.64. The number of hydrogen-bond donors (Lipinski definition) is 1. The molecular weight excluding hydrogens is 174 g/mol. The van der Waals surface area contributed by atoms with Gasteiger partial charge in [-0.05, 0) is 12.8 Å². The van der Waals surface area contributed by atoms with Gasteiger partial charge in [0.05, 0.1) is 6.10 Å². The van der Waals surface area contributed by atoms with Gasteiger partial charge in [-0.3, -0.25) is 0 Å². The molecule has 0 amide bonds. The summed E-state index contributed by atoms with van der Waals surface area (Å²) in [5, 5.41) is 3.38. The molecule has 0 bridgehead atoms. The van der Waals surface area contributed by atoms with Crippen molar-refractivity contribution in [2.45, 2.75) is 25.0 Å². The molecule has 0 saturated carbocycles. The van der Waals surface area contributed by atoms with E-state index in [0.29, 0.717) is 18.0 Å². The standard InChI is InChI=1S/C9H16ClNO/c1-7(5-10)3-8-4-9(12-2)6-11-8/h8-9,11H,1,3-6H2,2H3/t8?,9-/m0/s1. The summed E-state index contributed by atoms with van der Waals surface area (Å²) in [6, 6.07) is 0.515. The zero-order valence-corrected chi connectivity index (χ0v) is 8.23. The Morgan fingerprint density at radius 3 is 3.00 bits per heavy atom. The molecule has 2 nitrogen and oxygen atoms in total. The highest BCUT2D eigenvalue weighted by atomic mass is 35.5. The third-order valence-electron chi connectivity index (χ3n) is 2.24. The third kappa shape index (κ3) is 2.77. The molecule has 1 heterocycles. The van der Waals surface area contributed by atoms with E-state index in [1.54, 1.807) is 7.11 Å². The van der Waals surface area contributed by atoms with Crippen molar-refractivity contribution in [1.29, 1.82) is 0 Å². The van der Waals surface area contributed by atoms with Gasteiger partial charge in [0.25, 0.3) is 0 Å². The van der Waals surface area contributed by atoms with Crippen molar-refractivity contribution >= 4 is 11.6 Å². The van der Waals surface area contributed by atoms with Gasteiger partial charge in [-0.1, -0.05) is 12.2 Å². The molecule has 1 aliphatic rings. The van der Waals surface area contributed by atoms with Gasteiger partial charge in [-0.25, -0.2) is 0 Å². The molecule has 0 aliphatic carbocycles. The second kappa shape index (κ2) is 4.85. The van der Waals surface area contributed by atoms with Crippen molar-refractivity contribution in [3.05, 3.63) is 12.2 Å². The average molecular weight is 190 g/mol. The fraction of sp³-hybridized carbons (Fsp3) is 0.778. The molecule has 1 aliphatic heterocycles. The van der Waals surface area contributed by atoms with Crippen LogP contribution in [0.1, 0.15) is 12.8 Å². The van der Waals surface area contributed by atoms with E-state index in [-0.39, 0.29) is 0 Å². The fourth-order valence-corrected chi connectivity index (χ4v) is 1.63. The van der Waals surface area contributed by atoms with E-state index >= 15 is 0 Å². The van der Waals surface area contributed by atoms with Crippen LogP contribution in [0.5, 0.6) is 0 Å². The number of hydrogen-bond acceptors (Lipinski definition) is 2. The second-order valence-electron chi connectivity index (χ2n) is 3.29. The molecule has 2 atom stereocenters. The number of rotatable bonds is 4. The normalized spacial score (nSPS) is 29.2. The Morgan fingerprint density at radius 2 is 2.50 bits per heavy atom. The number of methoxy groups -OCH3 is 1. The lowest BCUT2D eigenvalue weighted by Crippen LogP contribution is -2.22. The summed E-state index contributed by atoms with van der Waals surface area (Å²) in [5.74, 6) is 0.565. The molecule has 1 rings (SSSR count). The van der Waals surface area contributed by atoms with E-state index in [1.165, 1.54) is 0 Å². The van der Waals surface area contributed by atoms with Gasteiger partial charge in [0.1, 0.15) is 0 Å². The zero-order chi connectivity index (χ0) is 8.97. The molecular formula is C9H16ClNO. The van der Waals surface area contributed by atoms with Gasteiger partial charge in [0, 0.05) is 25.6 Å². The smallest absolute Gasteiger partial charge is 0.0710 e. The van der Waals surface area contributed by atoms with Crippen LogP contribution in [0.25, 0.3) is 0 Å². The molecule has 70 valence electrons. The maximum Gasteiger partial charge on any atom is 0.0710 e. The Kier molecular flexibility index (Phi) is 4.06. The van der Waals surface area contributed by atoms with Crippen LogP contribution in [-0.2, 0) is 4.74 Å². The van der Waals surface area contributed by atoms with Crippen molar-refractivity contribution in [2.75, 3.05) is 19.5 Å². The summed E-state index contributed by atoms with van der Waals surface area (Å²) in [6.07, 6.45) is 2.42. The average Bonchev–Trinajstić information content (AvgIpc) is 2.52. The first-order valence-electron chi connectivity index (χ1n) is 4.25. The summed E-state index contributed by atoms with van der Waals surface area (Å²) >= 11 is 5.64. The van der Waals surface area contributed by atoms with E-state index in [4.69, 9.17) is 16.3 Å². The molecule has 0 spiro atoms. The van der Waals surface area contributed by atoms with Crippen LogP contribution in [-0.4, -0.2) is 31.7 Å². The minimum Gasteiger partial charge on any atom is -0.380 e. The SMILES string of the molecule is C=C(CCl)CC1C[C@H](OC)CN1. The van der Waals surface area contributed by atoms with E-state index in [9.17, 15) is 0 Å². The highest BCUT2D eigenvalue weighted by molar-refractivity contribution is 6.19. The van der Waals surface area contributed by atoms with Crippen LogP contribution in [0, 0.1) is 0 Å². The number of ether oxygens (including phenoxy) is 1. The van der Waals surface area contributed by atoms with Crippen LogP contribution in [0.2, 0.25) is 0 Å². The highest BCUT2D eigenvalue weighted by Gasteiger charge is 2.23. The van der Waals surface area contributed by atoms with Crippen LogP contribution in [0.4, 0.5) is 0 Å². The lowest BCUT2D eigenvalue weighted by atomic mass is 10.1. The largest absolute Gasteiger partial charge is 0.380 e. The van der Waals surface area contributed by atoms with E-state index in [0.717, 1.165) is 25.0 Å². The van der Waals surface area contributed by atoms with Gasteiger partial charge in [-0.2, -0.15) is 0 Å². The van der Waals surface area contributed by atoms with Crippen molar-refractivity contribution in [3.8, 4) is 0 Å². The predicted molar refractivity (Wildman–Crippen MR) is 51.7 cm³/mol. The molecule has 1 unspecified atom stereocenters. The quantitative estimate of drug-likeness (QED) is 0.535. The number of halogens is 1. The Hall–Kier alpha value is -0.0500. The summed E-state index contributed by atoms with van der Waals surface area (Å²) in [5.41, 5.74) is 1.10. The highest BCUT2D eigenvalue weighted by Crippen LogP contribution is 2.16. The summed E-state index contributed by atoms with van der Waals surface area (Å²) < 4.78 is 5.23. The Balaban J connectivity index is 2.23. The number of alkyl halides is 1. The van der Waals surface area contributed by atoms with Crippen LogP contribution in [0.15, 0.2) is 12.2 Å². The maximum absolute atomic E-state index is 5.64. The minimum atomic E-state index is 0.373. The van der Waals surface area contributed by atoms with Gasteiger partial charge >= 0.3 is 0 Å². The van der Waals surface area contributed by atoms with E-state index in [2.05, 4.69) is 11.9 Å². The summed E-state index contributed by atoms with van der Waals surface area (Å²) in [6.45, 7) is 4.83. The molecule has 3 heteroatoms. The molecule has 1 fully saturated rings. The van der Waals surface area contributed by atoms with Crippen LogP contribution < -0.4 is 5.32 Å². The molecule has 1 N–H and O–H groups in total. The molecule has 0 aromatic heterocycles. The van der Waals surface area contributed by atoms with Crippen molar-refractivity contribution in [3.63, 3.8) is 0 Å². The van der Waals surface area contributed by atoms with Crippen molar-refractivity contribution < 1.29 is 4.74 Å². The monoisotopic (exact) mass is 189 g/mol. The first-order chi connectivity index (χ1) is 5.76. The zero-order valence-electron chi connectivity index (χ0n) is 7.48. The van der Waals surface area contributed by atoms with Crippen molar-refractivity contribution in [1.82, 2.24) is 5.32 Å². The van der Waals surface area contributed by atoms with Gasteiger partial charge < -0.3 is 10.1 Å². The van der Waals surface area contributed by atoms with E-state index < -0.39 is 0 Å². The van der Waals surface area contributed by atoms with Crippen LogP contribution >= 0.6 is 11.6 Å². The summed E-state index contributed by atoms with van der Waals surface area (Å²) in [7, 11) is 1.76. The van der Waals surface area contributed by atoms with Crippen molar-refractivity contribution in [2.24, 2.45) is 0 Å². The summed E-state index contributed by atoms with van der Waals surface area (Å²) in [4.78, 5) is 0. The Bertz CT molecular complexity index is 161. The molecule has 0 aromatic carbocycles. The molecule has 0 radical (unpaired) electrons. The van der Waals surface area contributed by atoms with E-state index in [1.807, 2.05) is 0 Å². The van der Waals surface area contributed by atoms with Gasteiger partial charge in [0.15, 0.2) is 0 Å². The first kappa shape index (κ1) is 10.0. The molecule has 1 saturated heterocycles. The Labute approximate surface area is 78.9 Å². The number of nitrogens with one attached hydrogen (secondary N) is 1. The van der Waals surface area contributed by atoms with Gasteiger partial charge in [-0.15, -0.1) is 11.6 Å². The predicted octanol–water partition coefficient (Wildman–Crippen LogP) is 1.55. The minimum absolute atomic E-state index is 0.373. The third-order valence-corrected chi connectivity index (χ3v) is 2.62. The first-order valence-corrected chi connectivity index (χ1v) is 4.78. The fourth-order valence-electron chi connectivity index (χ4n) is 1.52. The topological polar surface area (TPSA) is 21.3 Å². The second-order valence-corrected chi connectivity index (χ2v) is 3.55. The molecule has 12 heavy (non-hydrogen) atoms. The van der Waals surface area contributed by atoms with Gasteiger partial charge in [0.2, 0.25) is 0 Å². The van der Waals surface area contributed by atoms with Crippen LogP contribution in [0.3, 0.4) is 0 Å². The lowest BCUT2D eigenvalue weighted by molar-refractivity contribution is 0.117.